The Balaban J connectivity index is 2.98. The van der Waals surface area contributed by atoms with Gasteiger partial charge in [-0.15, -0.1) is 11.8 Å². The van der Waals surface area contributed by atoms with Gasteiger partial charge in [-0.3, -0.25) is 9.59 Å². The Labute approximate surface area is 176 Å². The Hall–Kier alpha value is -1.27. The smallest absolute Gasteiger partial charge is 0.319 e. The summed E-state index contributed by atoms with van der Waals surface area (Å²) in [6.07, 6.45) is 3.01. The number of anilines is 1. The molecule has 0 aliphatic carbocycles. The van der Waals surface area contributed by atoms with Gasteiger partial charge in [0.05, 0.1) is 17.3 Å². The van der Waals surface area contributed by atoms with Crippen LogP contribution in [-0.4, -0.2) is 23.7 Å². The van der Waals surface area contributed by atoms with Crippen LogP contribution in [0.15, 0.2) is 17.0 Å². The van der Waals surface area contributed by atoms with Gasteiger partial charge in [-0.25, -0.2) is 4.39 Å². The van der Waals surface area contributed by atoms with Gasteiger partial charge in [0, 0.05) is 10.8 Å². The highest BCUT2D eigenvalue weighted by Gasteiger charge is 2.23. The molecule has 0 saturated heterocycles. The van der Waals surface area contributed by atoms with Crippen molar-refractivity contribution in [2.45, 2.75) is 70.4 Å². The molecule has 1 aromatic rings. The van der Waals surface area contributed by atoms with Crippen LogP contribution >= 0.6 is 23.4 Å². The molecule has 7 heteroatoms. The van der Waals surface area contributed by atoms with Gasteiger partial charge in [0.2, 0.25) is 5.91 Å². The minimum absolute atomic E-state index is 0.0747. The van der Waals surface area contributed by atoms with Gasteiger partial charge in [-0.2, -0.15) is 0 Å². The molecule has 0 spiro atoms. The van der Waals surface area contributed by atoms with Gasteiger partial charge in [0.15, 0.2) is 0 Å². The zero-order chi connectivity index (χ0) is 21.3. The van der Waals surface area contributed by atoms with Crippen molar-refractivity contribution >= 4 is 40.9 Å². The van der Waals surface area contributed by atoms with Gasteiger partial charge < -0.3 is 10.1 Å². The topological polar surface area (TPSA) is 55.4 Å². The average molecular weight is 432 g/mol. The first-order valence-electron chi connectivity index (χ1n) is 9.82. The van der Waals surface area contributed by atoms with Crippen LogP contribution in [-0.2, 0) is 14.3 Å². The first-order valence-corrected chi connectivity index (χ1v) is 11.1. The third-order valence-corrected chi connectivity index (χ3v) is 5.82. The number of thioether (sulfide) groups is 1. The third kappa shape index (κ3) is 8.00. The van der Waals surface area contributed by atoms with E-state index in [-0.39, 0.29) is 34.4 Å². The predicted octanol–water partition coefficient (Wildman–Crippen LogP) is 6.31. The van der Waals surface area contributed by atoms with Crippen molar-refractivity contribution in [1.29, 1.82) is 0 Å². The van der Waals surface area contributed by atoms with Gasteiger partial charge >= 0.3 is 5.97 Å². The van der Waals surface area contributed by atoms with E-state index in [1.165, 1.54) is 23.9 Å². The highest BCUT2D eigenvalue weighted by molar-refractivity contribution is 8.00. The largest absolute Gasteiger partial charge is 0.465 e. The fourth-order valence-corrected chi connectivity index (χ4v) is 3.98. The normalized spacial score (nSPS) is 13.3. The molecule has 0 bridgehead atoms. The molecule has 2 atom stereocenters. The lowest BCUT2D eigenvalue weighted by molar-refractivity contribution is -0.144. The highest BCUT2D eigenvalue weighted by Crippen LogP contribution is 2.36. The summed E-state index contributed by atoms with van der Waals surface area (Å²) < 4.78 is 19.7. The summed E-state index contributed by atoms with van der Waals surface area (Å²) >= 11 is 7.44. The summed E-state index contributed by atoms with van der Waals surface area (Å²) in [4.78, 5) is 25.2. The molecule has 0 aromatic heterocycles. The maximum Gasteiger partial charge on any atom is 0.319 e. The van der Waals surface area contributed by atoms with Gasteiger partial charge in [0.1, 0.15) is 11.1 Å². The molecule has 0 heterocycles. The van der Waals surface area contributed by atoms with Crippen molar-refractivity contribution in [3.63, 3.8) is 0 Å². The number of amides is 1. The number of hydrogen-bond acceptors (Lipinski definition) is 4. The standard InChI is InChI=1S/C21H31ClFNO3S/c1-6-8-14(5)20(25)24-17-11-19(15(22)10-16(17)23)28-18(9-7-2)21(26)27-12-13(3)4/h10-11,13-14,18H,6-9,12H2,1-5H3,(H,24,25). The molecule has 2 unspecified atom stereocenters. The molecule has 0 fully saturated rings. The van der Waals surface area contributed by atoms with E-state index < -0.39 is 11.1 Å². The van der Waals surface area contributed by atoms with E-state index in [0.29, 0.717) is 17.9 Å². The molecular weight excluding hydrogens is 401 g/mol. The van der Waals surface area contributed by atoms with Gasteiger partial charge in [-0.1, -0.05) is 59.1 Å². The number of benzene rings is 1. The van der Waals surface area contributed by atoms with Gasteiger partial charge in [0.25, 0.3) is 0 Å². The number of hydrogen-bond donors (Lipinski definition) is 1. The maximum atomic E-state index is 14.3. The van der Waals surface area contributed by atoms with E-state index in [4.69, 9.17) is 16.3 Å². The Kier molecular flexibility index (Phi) is 10.9. The van der Waals surface area contributed by atoms with Crippen molar-refractivity contribution in [3.05, 3.63) is 23.0 Å². The number of carbonyl (C=O) groups is 2. The molecule has 28 heavy (non-hydrogen) atoms. The number of ether oxygens (including phenoxy) is 1. The Morgan fingerprint density at radius 2 is 1.82 bits per heavy atom. The summed E-state index contributed by atoms with van der Waals surface area (Å²) in [5.74, 6) is -1.10. The van der Waals surface area contributed by atoms with Crippen molar-refractivity contribution in [3.8, 4) is 0 Å². The molecule has 0 aliphatic heterocycles. The number of esters is 1. The van der Waals surface area contributed by atoms with Crippen LogP contribution in [0.5, 0.6) is 0 Å². The van der Waals surface area contributed by atoms with Gasteiger partial charge in [-0.05, 0) is 30.9 Å². The van der Waals surface area contributed by atoms with Crippen LogP contribution in [0.2, 0.25) is 5.02 Å². The van der Waals surface area contributed by atoms with E-state index in [1.54, 1.807) is 0 Å². The van der Waals surface area contributed by atoms with Crippen LogP contribution in [0.1, 0.15) is 60.3 Å². The second-order valence-corrected chi connectivity index (χ2v) is 9.01. The lowest BCUT2D eigenvalue weighted by Gasteiger charge is -2.18. The Morgan fingerprint density at radius 3 is 2.39 bits per heavy atom. The number of nitrogens with one attached hydrogen (secondary N) is 1. The van der Waals surface area contributed by atoms with Crippen LogP contribution in [0, 0.1) is 17.7 Å². The zero-order valence-corrected chi connectivity index (χ0v) is 18.9. The van der Waals surface area contributed by atoms with Crippen molar-refractivity contribution in [2.75, 3.05) is 11.9 Å². The number of rotatable bonds is 11. The summed E-state index contributed by atoms with van der Waals surface area (Å²) in [6.45, 7) is 10.1. The van der Waals surface area contributed by atoms with Crippen molar-refractivity contribution < 1.29 is 18.7 Å². The van der Waals surface area contributed by atoms with Crippen LogP contribution < -0.4 is 5.32 Å². The van der Waals surface area contributed by atoms with Crippen LogP contribution in [0.25, 0.3) is 0 Å². The van der Waals surface area contributed by atoms with E-state index in [2.05, 4.69) is 5.32 Å². The molecule has 1 N–H and O–H groups in total. The minimum atomic E-state index is -0.596. The van der Waals surface area contributed by atoms with E-state index >= 15 is 0 Å². The number of halogens is 2. The molecular formula is C21H31ClFNO3S. The summed E-state index contributed by atoms with van der Waals surface area (Å²) in [5.41, 5.74) is 0.0747. The van der Waals surface area contributed by atoms with E-state index in [0.717, 1.165) is 19.3 Å². The molecule has 1 amide bonds. The third-order valence-electron chi connectivity index (χ3n) is 4.09. The fraction of sp³-hybridized carbons (Fsp3) is 0.619. The van der Waals surface area contributed by atoms with E-state index in [9.17, 15) is 14.0 Å². The highest BCUT2D eigenvalue weighted by atomic mass is 35.5. The minimum Gasteiger partial charge on any atom is -0.465 e. The zero-order valence-electron chi connectivity index (χ0n) is 17.3. The van der Waals surface area contributed by atoms with Crippen molar-refractivity contribution in [2.24, 2.45) is 11.8 Å². The fourth-order valence-electron chi connectivity index (χ4n) is 2.52. The summed E-state index contributed by atoms with van der Waals surface area (Å²) in [5, 5.41) is 2.41. The molecule has 4 nitrogen and oxygen atoms in total. The first-order chi connectivity index (χ1) is 13.2. The Morgan fingerprint density at radius 1 is 1.18 bits per heavy atom. The molecule has 0 aliphatic rings. The second-order valence-electron chi connectivity index (χ2n) is 7.36. The monoisotopic (exact) mass is 431 g/mol. The Bertz CT molecular complexity index is 669. The molecule has 1 rings (SSSR count). The quantitative estimate of drug-likeness (QED) is 0.329. The lowest BCUT2D eigenvalue weighted by Crippen LogP contribution is -2.22. The SMILES string of the molecule is CCCC(C)C(=O)Nc1cc(SC(CCC)C(=O)OCC(C)C)c(Cl)cc1F. The summed E-state index contributed by atoms with van der Waals surface area (Å²) in [7, 11) is 0. The molecule has 1 aromatic carbocycles. The second kappa shape index (κ2) is 12.3. The summed E-state index contributed by atoms with van der Waals surface area (Å²) in [6, 6.07) is 2.67. The predicted molar refractivity (Wildman–Crippen MR) is 114 cm³/mol. The van der Waals surface area contributed by atoms with Crippen molar-refractivity contribution in [1.82, 2.24) is 0 Å². The molecule has 0 saturated carbocycles. The van der Waals surface area contributed by atoms with Crippen LogP contribution in [0.3, 0.4) is 0 Å². The first kappa shape index (κ1) is 24.8. The molecule has 0 radical (unpaired) electrons. The lowest BCUT2D eigenvalue weighted by atomic mass is 10.1. The number of carbonyl (C=O) groups excluding carboxylic acids is 2. The average Bonchev–Trinajstić information content (AvgIpc) is 2.63. The van der Waals surface area contributed by atoms with Crippen LogP contribution in [0.4, 0.5) is 10.1 Å². The maximum absolute atomic E-state index is 14.3. The van der Waals surface area contributed by atoms with E-state index in [1.807, 2.05) is 34.6 Å². The molecule has 158 valence electrons.